The molecule has 9 heteroatoms. The van der Waals surface area contributed by atoms with Gasteiger partial charge in [-0.3, -0.25) is 0 Å². The van der Waals surface area contributed by atoms with Crippen molar-refractivity contribution in [1.29, 1.82) is 0 Å². The molecule has 0 radical (unpaired) electrons. The van der Waals surface area contributed by atoms with E-state index in [0.717, 1.165) is 52.4 Å². The van der Waals surface area contributed by atoms with Crippen molar-refractivity contribution in [2.75, 3.05) is 52.4 Å². The maximum absolute atomic E-state index is 10.5. The summed E-state index contributed by atoms with van der Waals surface area (Å²) in [4.78, 5) is 24.2. The molecule has 0 aromatic carbocycles. The fraction of sp³-hybridized carbons (Fsp3) is 0.800. The lowest BCUT2D eigenvalue weighted by Gasteiger charge is -2.25. The fourth-order valence-corrected chi connectivity index (χ4v) is 1.77. The molecule has 0 atom stereocenters. The Balaban J connectivity index is 0.000000324. The number of rotatable bonds is 0. The van der Waals surface area contributed by atoms with Crippen LogP contribution in [0.4, 0.5) is 9.59 Å². The van der Waals surface area contributed by atoms with Crippen molar-refractivity contribution >= 4 is 12.1 Å². The van der Waals surface area contributed by atoms with Gasteiger partial charge in [0, 0.05) is 52.4 Å². The molecule has 2 aliphatic rings. The van der Waals surface area contributed by atoms with Gasteiger partial charge in [-0.15, -0.1) is 0 Å². The molecule has 9 nitrogen and oxygen atoms in total. The lowest BCUT2D eigenvalue weighted by molar-refractivity contribution is 0.199. The summed E-state index contributed by atoms with van der Waals surface area (Å²) in [5, 5.41) is 6.24. The van der Waals surface area contributed by atoms with Gasteiger partial charge in [0.25, 0.3) is 0 Å². The maximum Gasteiger partial charge on any atom is 0.314 e. The van der Waals surface area contributed by atoms with Crippen LogP contribution < -0.4 is 22.1 Å². The highest BCUT2D eigenvalue weighted by molar-refractivity contribution is 5.72. The Labute approximate surface area is 112 Å². The normalized spacial score (nSPS) is 18.7. The van der Waals surface area contributed by atoms with Gasteiger partial charge in [0.15, 0.2) is 0 Å². The van der Waals surface area contributed by atoms with Crippen LogP contribution in [0.1, 0.15) is 0 Å². The van der Waals surface area contributed by atoms with Crippen molar-refractivity contribution in [3.63, 3.8) is 0 Å². The summed E-state index contributed by atoms with van der Waals surface area (Å²) in [5.41, 5.74) is 10.1. The molecule has 19 heavy (non-hydrogen) atoms. The van der Waals surface area contributed by atoms with Crippen LogP contribution in [0.3, 0.4) is 0 Å². The molecule has 0 spiro atoms. The minimum Gasteiger partial charge on any atom is -0.412 e. The number of carbonyl (C=O) groups excluding carboxylic acids is 2. The Bertz CT molecular complexity index is 248. The van der Waals surface area contributed by atoms with E-state index in [-0.39, 0.29) is 17.5 Å². The molecule has 0 aromatic heterocycles. The van der Waals surface area contributed by atoms with E-state index in [1.54, 1.807) is 9.80 Å². The smallest absolute Gasteiger partial charge is 0.314 e. The Kier molecular flexibility index (Phi) is 8.58. The van der Waals surface area contributed by atoms with Gasteiger partial charge in [-0.25, -0.2) is 9.59 Å². The van der Waals surface area contributed by atoms with Crippen LogP contribution in [0, 0.1) is 0 Å². The molecule has 2 heterocycles. The number of urea groups is 2. The second kappa shape index (κ2) is 9.36. The number of primary amides is 2. The lowest BCUT2D eigenvalue weighted by Crippen LogP contribution is -2.48. The molecule has 2 rings (SSSR count). The average Bonchev–Trinajstić information content (AvgIpc) is 2.41. The van der Waals surface area contributed by atoms with Gasteiger partial charge in [-0.05, 0) is 0 Å². The van der Waals surface area contributed by atoms with Crippen LogP contribution in [0.25, 0.3) is 0 Å². The van der Waals surface area contributed by atoms with Crippen molar-refractivity contribution in [3.05, 3.63) is 0 Å². The van der Waals surface area contributed by atoms with Crippen molar-refractivity contribution in [1.82, 2.24) is 20.4 Å². The molecule has 0 bridgehead atoms. The van der Waals surface area contributed by atoms with Crippen molar-refractivity contribution < 1.29 is 15.1 Å². The molecular formula is C10H24N6O3. The molecule has 4 amide bonds. The van der Waals surface area contributed by atoms with E-state index in [0.29, 0.717) is 0 Å². The minimum atomic E-state index is -0.309. The van der Waals surface area contributed by atoms with Gasteiger partial charge in [-0.1, -0.05) is 0 Å². The topological polar surface area (TPSA) is 148 Å². The first-order valence-corrected chi connectivity index (χ1v) is 6.11. The third kappa shape index (κ3) is 6.79. The van der Waals surface area contributed by atoms with Crippen LogP contribution in [-0.4, -0.2) is 79.7 Å². The van der Waals surface area contributed by atoms with Crippen molar-refractivity contribution in [3.8, 4) is 0 Å². The largest absolute Gasteiger partial charge is 0.412 e. The van der Waals surface area contributed by atoms with E-state index >= 15 is 0 Å². The summed E-state index contributed by atoms with van der Waals surface area (Å²) in [6, 6.07) is -0.618. The third-order valence-electron chi connectivity index (χ3n) is 2.86. The van der Waals surface area contributed by atoms with Crippen LogP contribution >= 0.6 is 0 Å². The average molecular weight is 276 g/mol. The van der Waals surface area contributed by atoms with E-state index in [1.165, 1.54) is 0 Å². The molecule has 112 valence electrons. The van der Waals surface area contributed by atoms with Crippen molar-refractivity contribution in [2.45, 2.75) is 0 Å². The SMILES string of the molecule is NC(=O)N1CCNCC1.NC(=O)N1CCNCC1.O. The van der Waals surface area contributed by atoms with E-state index in [9.17, 15) is 9.59 Å². The van der Waals surface area contributed by atoms with Gasteiger partial charge in [-0.2, -0.15) is 0 Å². The number of amides is 4. The highest BCUT2D eigenvalue weighted by Crippen LogP contribution is 1.89. The van der Waals surface area contributed by atoms with Crippen LogP contribution in [0.2, 0.25) is 0 Å². The second-order valence-corrected chi connectivity index (χ2v) is 4.15. The zero-order valence-corrected chi connectivity index (χ0v) is 11.0. The van der Waals surface area contributed by atoms with Crippen molar-refractivity contribution in [2.24, 2.45) is 11.5 Å². The number of piperazine rings is 2. The minimum absolute atomic E-state index is 0. The summed E-state index contributed by atoms with van der Waals surface area (Å²) >= 11 is 0. The standard InChI is InChI=1S/2C5H11N3O.H2O/c2*6-5(9)8-3-1-7-2-4-8;/h2*7H,1-4H2,(H2,6,9);1H2. The molecular weight excluding hydrogens is 252 g/mol. The Hall–Kier alpha value is -1.58. The predicted molar refractivity (Wildman–Crippen MR) is 71.7 cm³/mol. The van der Waals surface area contributed by atoms with Gasteiger partial charge >= 0.3 is 12.1 Å². The summed E-state index contributed by atoms with van der Waals surface area (Å²) in [5.74, 6) is 0. The second-order valence-electron chi connectivity index (χ2n) is 4.15. The number of nitrogens with one attached hydrogen (secondary N) is 2. The van der Waals surface area contributed by atoms with Gasteiger partial charge < -0.3 is 37.4 Å². The molecule has 8 N–H and O–H groups in total. The zero-order valence-electron chi connectivity index (χ0n) is 11.0. The molecule has 2 fully saturated rings. The monoisotopic (exact) mass is 276 g/mol. The molecule has 0 aromatic rings. The molecule has 0 aliphatic carbocycles. The zero-order chi connectivity index (χ0) is 13.4. The van der Waals surface area contributed by atoms with Crippen LogP contribution in [-0.2, 0) is 0 Å². The van der Waals surface area contributed by atoms with E-state index in [4.69, 9.17) is 11.5 Å². The van der Waals surface area contributed by atoms with E-state index in [1.807, 2.05) is 0 Å². The molecule has 2 aliphatic heterocycles. The predicted octanol–water partition coefficient (Wildman–Crippen LogP) is -2.88. The third-order valence-corrected chi connectivity index (χ3v) is 2.86. The maximum atomic E-state index is 10.5. The number of carbonyl (C=O) groups is 2. The summed E-state index contributed by atoms with van der Waals surface area (Å²) < 4.78 is 0. The van der Waals surface area contributed by atoms with Gasteiger partial charge in [0.2, 0.25) is 0 Å². The Morgan fingerprint density at radius 2 is 1.00 bits per heavy atom. The van der Waals surface area contributed by atoms with E-state index < -0.39 is 0 Å². The Morgan fingerprint density at radius 3 is 1.16 bits per heavy atom. The molecule has 2 saturated heterocycles. The van der Waals surface area contributed by atoms with Gasteiger partial charge in [0.1, 0.15) is 0 Å². The van der Waals surface area contributed by atoms with Gasteiger partial charge in [0.05, 0.1) is 0 Å². The first-order chi connectivity index (χ1) is 8.61. The first kappa shape index (κ1) is 17.4. The number of hydrogen-bond donors (Lipinski definition) is 4. The number of hydrogen-bond acceptors (Lipinski definition) is 4. The van der Waals surface area contributed by atoms with E-state index in [2.05, 4.69) is 10.6 Å². The number of nitrogens with zero attached hydrogens (tertiary/aromatic N) is 2. The lowest BCUT2D eigenvalue weighted by atomic mass is 10.4. The quantitative estimate of drug-likeness (QED) is 0.376. The Morgan fingerprint density at radius 1 is 0.737 bits per heavy atom. The fourth-order valence-electron chi connectivity index (χ4n) is 1.77. The highest BCUT2D eigenvalue weighted by Gasteiger charge is 2.12. The molecule has 0 saturated carbocycles. The molecule has 0 unspecified atom stereocenters. The highest BCUT2D eigenvalue weighted by atomic mass is 16.2. The summed E-state index contributed by atoms with van der Waals surface area (Å²) in [6.45, 7) is 6.44. The summed E-state index contributed by atoms with van der Waals surface area (Å²) in [7, 11) is 0. The van der Waals surface area contributed by atoms with Crippen LogP contribution in [0.15, 0.2) is 0 Å². The number of nitrogens with two attached hydrogens (primary N) is 2. The first-order valence-electron chi connectivity index (χ1n) is 6.11. The summed E-state index contributed by atoms with van der Waals surface area (Å²) in [6.07, 6.45) is 0. The van der Waals surface area contributed by atoms with Crippen LogP contribution in [0.5, 0.6) is 0 Å².